The molecule has 16 nitrogen and oxygen atoms in total. The molecule has 8 aliphatic rings. The lowest BCUT2D eigenvalue weighted by Crippen LogP contribution is -2.55. The van der Waals surface area contributed by atoms with Gasteiger partial charge in [-0.15, -0.1) is 0 Å². The Balaban J connectivity index is 0.000000159. The monoisotopic (exact) mass is 840 g/mol. The number of ether oxygens (including phenoxy) is 3. The first-order valence-corrected chi connectivity index (χ1v) is 22.0. The van der Waals surface area contributed by atoms with Crippen LogP contribution in [-0.2, 0) is 19.1 Å². The van der Waals surface area contributed by atoms with Crippen LogP contribution >= 0.6 is 0 Å². The number of amidine groups is 2. The number of hydrogen-bond acceptors (Lipinski definition) is 12. The smallest absolute Gasteiger partial charge is 0.410 e. The number of carboxylic acids is 1. The fraction of sp³-hybridized carbons (Fsp3) is 0.600. The molecule has 61 heavy (non-hydrogen) atoms. The van der Waals surface area contributed by atoms with Gasteiger partial charge in [0.2, 0.25) is 0 Å². The van der Waals surface area contributed by atoms with Gasteiger partial charge in [-0.05, 0) is 169 Å². The largest absolute Gasteiger partial charge is 0.483 e. The van der Waals surface area contributed by atoms with Gasteiger partial charge in [0, 0.05) is 20.0 Å². The summed E-state index contributed by atoms with van der Waals surface area (Å²) in [6.45, 7) is 14.9. The number of nitrogens with one attached hydrogen (secondary N) is 3. The van der Waals surface area contributed by atoms with Gasteiger partial charge in [-0.2, -0.15) is 10.2 Å². The van der Waals surface area contributed by atoms with Crippen LogP contribution in [0.4, 0.5) is 16.2 Å². The van der Waals surface area contributed by atoms with E-state index in [1.54, 1.807) is 0 Å². The lowest BCUT2D eigenvalue weighted by Gasteiger charge is -2.39. The van der Waals surface area contributed by atoms with Crippen molar-refractivity contribution in [2.45, 2.75) is 134 Å². The second-order valence-electron chi connectivity index (χ2n) is 18.4. The van der Waals surface area contributed by atoms with E-state index in [-0.39, 0.29) is 30.0 Å². The normalized spacial score (nSPS) is 23.5. The maximum absolute atomic E-state index is 12.5. The first-order valence-electron chi connectivity index (χ1n) is 22.0. The molecule has 2 saturated carbocycles. The van der Waals surface area contributed by atoms with Crippen LogP contribution in [0.5, 0.6) is 11.5 Å². The summed E-state index contributed by atoms with van der Waals surface area (Å²) in [4.78, 5) is 51.8. The van der Waals surface area contributed by atoms with E-state index in [0.29, 0.717) is 50.0 Å². The summed E-state index contributed by atoms with van der Waals surface area (Å²) in [5.74, 6) is 4.48. The molecule has 2 unspecified atom stereocenters. The number of anilines is 2. The van der Waals surface area contributed by atoms with Crippen LogP contribution in [0.2, 0.25) is 0 Å². The molecule has 328 valence electrons. The van der Waals surface area contributed by atoms with Crippen molar-refractivity contribution in [3.05, 3.63) is 46.5 Å². The number of aliphatic carboxylic acids is 1. The van der Waals surface area contributed by atoms with Gasteiger partial charge in [-0.25, -0.2) is 15.6 Å². The number of carbonyl (C=O) groups excluding carboxylic acids is 3. The number of fused-ring (bicyclic) bond motifs is 6. The fourth-order valence-corrected chi connectivity index (χ4v) is 9.24. The second kappa shape index (κ2) is 17.2. The summed E-state index contributed by atoms with van der Waals surface area (Å²) in [5, 5.41) is 19.3. The van der Waals surface area contributed by atoms with Crippen LogP contribution in [0.25, 0.3) is 0 Å². The fourth-order valence-electron chi connectivity index (χ4n) is 9.24. The van der Waals surface area contributed by atoms with E-state index in [2.05, 4.69) is 55.5 Å². The van der Waals surface area contributed by atoms with Crippen LogP contribution in [0.15, 0.2) is 34.5 Å². The molecule has 4 N–H and O–H groups in total. The third-order valence-electron chi connectivity index (χ3n) is 12.6. The van der Waals surface area contributed by atoms with Gasteiger partial charge in [0.25, 0.3) is 17.8 Å². The number of likely N-dealkylation sites (tertiary alicyclic amines) is 1. The van der Waals surface area contributed by atoms with Crippen molar-refractivity contribution < 1.29 is 38.5 Å². The number of piperidine rings is 2. The topological polar surface area (TPSA) is 187 Å². The number of carbonyl (C=O) groups is 4. The SMILES string of the molecule is CC(=O)O.CC1C(=O)NN=C2COc3cc(C4CC4)c(C4CCN(C(=O)OC(C)(C)C)CC4)cc3N21.CC1C(=O)NN=C2COc3cc(C4CC4)c(C4CCNCC4)cc3N21. The molecule has 2 aliphatic carbocycles. The van der Waals surface area contributed by atoms with Gasteiger partial charge in [0.05, 0.1) is 11.4 Å². The van der Waals surface area contributed by atoms with Crippen molar-refractivity contribution in [2.24, 2.45) is 10.2 Å². The van der Waals surface area contributed by atoms with Crippen molar-refractivity contribution in [1.82, 2.24) is 21.1 Å². The molecule has 6 aliphatic heterocycles. The quantitative estimate of drug-likeness (QED) is 0.289. The summed E-state index contributed by atoms with van der Waals surface area (Å²) in [5.41, 5.74) is 12.3. The molecule has 0 aromatic heterocycles. The zero-order valence-corrected chi connectivity index (χ0v) is 36.2. The molecular formula is C45H60N8O8. The van der Waals surface area contributed by atoms with E-state index in [1.807, 2.05) is 44.4 Å². The minimum atomic E-state index is -0.833. The summed E-state index contributed by atoms with van der Waals surface area (Å²) in [6, 6.07) is 8.36. The molecule has 2 aromatic carbocycles. The van der Waals surface area contributed by atoms with Gasteiger partial charge in [-0.3, -0.25) is 14.4 Å². The van der Waals surface area contributed by atoms with Crippen molar-refractivity contribution >= 4 is 46.9 Å². The third kappa shape index (κ3) is 9.29. The Kier molecular flexibility index (Phi) is 11.9. The van der Waals surface area contributed by atoms with E-state index >= 15 is 0 Å². The maximum atomic E-state index is 12.5. The molecule has 3 amide bonds. The standard InChI is InChI=1S/C24H32N4O4.C19H24N4O2.C2H4O2/c1-14-22(29)26-25-21-13-31-20-12-18(15-5-6-15)17(11-19(20)28(14)21)16-7-9-27(10-8-16)23(30)32-24(2,3)4;1-11-19(24)22-21-18-10-25-17-9-15(12-2-3-12)14(8-16(17)23(11)18)13-4-6-20-7-5-13;1-2(3)4/h11-12,14-16H,5-10,13H2,1-4H3,(H,26,29);8-9,11-13,20H,2-7,10H2,1H3,(H,22,24);1H3,(H,3,4). The molecule has 4 fully saturated rings. The molecule has 16 heteroatoms. The first kappa shape index (κ1) is 42.3. The lowest BCUT2D eigenvalue weighted by atomic mass is 9.84. The highest BCUT2D eigenvalue weighted by atomic mass is 16.6. The average Bonchev–Trinajstić information content (AvgIpc) is 4.17. The van der Waals surface area contributed by atoms with Gasteiger partial charge in [-0.1, -0.05) is 0 Å². The summed E-state index contributed by atoms with van der Waals surface area (Å²) >= 11 is 0. The Bertz CT molecular complexity index is 2110. The maximum Gasteiger partial charge on any atom is 0.410 e. The third-order valence-corrected chi connectivity index (χ3v) is 12.6. The summed E-state index contributed by atoms with van der Waals surface area (Å²) < 4.78 is 17.6. The highest BCUT2D eigenvalue weighted by molar-refractivity contribution is 6.10. The molecule has 2 atom stereocenters. The average molecular weight is 841 g/mol. The molecular weight excluding hydrogens is 781 g/mol. The molecule has 0 radical (unpaired) electrons. The summed E-state index contributed by atoms with van der Waals surface area (Å²) in [7, 11) is 0. The molecule has 6 heterocycles. The number of hydrazone groups is 2. The minimum absolute atomic E-state index is 0.0636. The molecule has 10 rings (SSSR count). The van der Waals surface area contributed by atoms with Crippen LogP contribution in [0, 0.1) is 0 Å². The minimum Gasteiger partial charge on any atom is -0.483 e. The number of hydrogen-bond donors (Lipinski definition) is 4. The molecule has 0 spiro atoms. The Hall–Kier alpha value is -5.38. The van der Waals surface area contributed by atoms with Crippen LogP contribution < -0.4 is 35.4 Å². The Morgan fingerprint density at radius 1 is 0.689 bits per heavy atom. The van der Waals surface area contributed by atoms with Gasteiger partial charge in [0.1, 0.15) is 42.4 Å². The lowest BCUT2D eigenvalue weighted by molar-refractivity contribution is -0.134. The van der Waals surface area contributed by atoms with E-state index in [9.17, 15) is 14.4 Å². The molecule has 0 bridgehead atoms. The summed E-state index contributed by atoms with van der Waals surface area (Å²) in [6.07, 6.45) is 8.90. The predicted octanol–water partition coefficient (Wildman–Crippen LogP) is 5.86. The van der Waals surface area contributed by atoms with Gasteiger partial charge in [0.15, 0.2) is 11.7 Å². The van der Waals surface area contributed by atoms with Crippen LogP contribution in [0.3, 0.4) is 0 Å². The highest BCUT2D eigenvalue weighted by Gasteiger charge is 2.40. The first-order chi connectivity index (χ1) is 29.2. The van der Waals surface area contributed by atoms with Crippen molar-refractivity contribution in [1.29, 1.82) is 0 Å². The molecule has 2 saturated heterocycles. The number of amides is 3. The van der Waals surface area contributed by atoms with E-state index in [4.69, 9.17) is 24.1 Å². The van der Waals surface area contributed by atoms with E-state index in [0.717, 1.165) is 67.4 Å². The molecule has 2 aromatic rings. The predicted molar refractivity (Wildman–Crippen MR) is 231 cm³/mol. The van der Waals surface area contributed by atoms with Gasteiger partial charge < -0.3 is 39.3 Å². The number of carboxylic acid groups (broad SMARTS) is 1. The number of nitrogens with zero attached hydrogens (tertiary/aromatic N) is 5. The number of benzene rings is 2. The zero-order valence-electron chi connectivity index (χ0n) is 36.2. The van der Waals surface area contributed by atoms with Crippen LogP contribution in [0.1, 0.15) is 139 Å². The van der Waals surface area contributed by atoms with Crippen molar-refractivity contribution in [3.8, 4) is 11.5 Å². The zero-order chi connectivity index (χ0) is 43.2. The van der Waals surface area contributed by atoms with Gasteiger partial charge >= 0.3 is 6.09 Å². The Morgan fingerprint density at radius 3 is 1.49 bits per heavy atom. The van der Waals surface area contributed by atoms with E-state index in [1.165, 1.54) is 60.8 Å². The highest BCUT2D eigenvalue weighted by Crippen LogP contribution is 2.51. The number of rotatable bonds is 4. The second-order valence-corrected chi connectivity index (χ2v) is 18.4. The Labute approximate surface area is 357 Å². The van der Waals surface area contributed by atoms with Crippen molar-refractivity contribution in [3.63, 3.8) is 0 Å². The van der Waals surface area contributed by atoms with E-state index < -0.39 is 11.6 Å². The Morgan fingerprint density at radius 2 is 1.08 bits per heavy atom. The van der Waals surface area contributed by atoms with Crippen molar-refractivity contribution in [2.75, 3.05) is 49.2 Å². The van der Waals surface area contributed by atoms with Crippen LogP contribution in [-0.4, -0.2) is 103 Å².